The fourth-order valence-electron chi connectivity index (χ4n) is 3.36. The van der Waals surface area contributed by atoms with Crippen LogP contribution in [0.25, 0.3) is 0 Å². The van der Waals surface area contributed by atoms with Crippen molar-refractivity contribution < 1.29 is 27.5 Å². The Labute approximate surface area is 142 Å². The molecule has 2 heterocycles. The van der Waals surface area contributed by atoms with E-state index in [2.05, 4.69) is 10.6 Å². The van der Waals surface area contributed by atoms with Crippen LogP contribution in [-0.2, 0) is 4.79 Å². The van der Waals surface area contributed by atoms with Crippen LogP contribution in [0.1, 0.15) is 20.3 Å². The third-order valence-electron chi connectivity index (χ3n) is 4.70. The maximum Gasteiger partial charge on any atom is 0.394 e. The standard InChI is InChI=1S/C16H18F3N3O3/c1-15(2)12(16(17,18)19)5-6-22(15)14(24)20-9-3-4-10-11(7-9)25-8-13(23)21-10/h3-4,7,12H,5-6,8H2,1-2H3,(H,20,24)(H,21,23)/t12-/m0/s1. The Morgan fingerprint density at radius 3 is 2.76 bits per heavy atom. The zero-order chi connectivity index (χ0) is 18.4. The molecule has 1 aromatic rings. The van der Waals surface area contributed by atoms with Gasteiger partial charge in [-0.25, -0.2) is 4.79 Å². The van der Waals surface area contributed by atoms with Gasteiger partial charge in [-0.3, -0.25) is 4.79 Å². The number of anilines is 2. The number of carbonyl (C=O) groups excluding carboxylic acids is 2. The van der Waals surface area contributed by atoms with Crippen molar-refractivity contribution in [1.29, 1.82) is 0 Å². The molecule has 0 aliphatic carbocycles. The molecule has 0 unspecified atom stereocenters. The number of nitrogens with one attached hydrogen (secondary N) is 2. The molecular weight excluding hydrogens is 339 g/mol. The monoisotopic (exact) mass is 357 g/mol. The van der Waals surface area contributed by atoms with E-state index in [-0.39, 0.29) is 25.5 Å². The molecular formula is C16H18F3N3O3. The second-order valence-electron chi connectivity index (χ2n) is 6.67. The molecule has 3 amide bonds. The van der Waals surface area contributed by atoms with Crippen molar-refractivity contribution in [1.82, 2.24) is 4.90 Å². The molecule has 3 rings (SSSR count). The Balaban J connectivity index is 1.74. The van der Waals surface area contributed by atoms with Crippen LogP contribution in [0.15, 0.2) is 18.2 Å². The molecule has 2 aliphatic heterocycles. The van der Waals surface area contributed by atoms with Crippen LogP contribution in [0.5, 0.6) is 5.75 Å². The lowest BCUT2D eigenvalue weighted by Crippen LogP contribution is -2.51. The number of ether oxygens (including phenoxy) is 1. The Morgan fingerprint density at radius 1 is 1.40 bits per heavy atom. The first-order valence-electron chi connectivity index (χ1n) is 7.81. The molecule has 1 atom stereocenters. The SMILES string of the molecule is CC1(C)[C@@H](C(F)(F)F)CCN1C(=O)Nc1ccc2c(c1)OCC(=O)N2. The van der Waals surface area contributed by atoms with E-state index in [4.69, 9.17) is 4.74 Å². The van der Waals surface area contributed by atoms with Gasteiger partial charge in [0.25, 0.3) is 5.91 Å². The zero-order valence-electron chi connectivity index (χ0n) is 13.7. The first-order valence-corrected chi connectivity index (χ1v) is 7.81. The minimum atomic E-state index is -4.35. The summed E-state index contributed by atoms with van der Waals surface area (Å²) in [6, 6.07) is 4.04. The van der Waals surface area contributed by atoms with Crippen LogP contribution >= 0.6 is 0 Å². The number of carbonyl (C=O) groups is 2. The van der Waals surface area contributed by atoms with Gasteiger partial charge < -0.3 is 20.3 Å². The molecule has 25 heavy (non-hydrogen) atoms. The normalized spacial score (nSPS) is 22.0. The van der Waals surface area contributed by atoms with Gasteiger partial charge in [0.15, 0.2) is 6.61 Å². The van der Waals surface area contributed by atoms with Crippen molar-refractivity contribution in [2.24, 2.45) is 5.92 Å². The Hall–Kier alpha value is -2.45. The molecule has 0 aromatic heterocycles. The lowest BCUT2D eigenvalue weighted by atomic mass is 9.88. The molecule has 2 aliphatic rings. The highest BCUT2D eigenvalue weighted by Crippen LogP contribution is 2.45. The van der Waals surface area contributed by atoms with Crippen molar-refractivity contribution in [2.75, 3.05) is 23.8 Å². The highest BCUT2D eigenvalue weighted by atomic mass is 19.4. The quantitative estimate of drug-likeness (QED) is 0.811. The van der Waals surface area contributed by atoms with Gasteiger partial charge in [-0.1, -0.05) is 0 Å². The van der Waals surface area contributed by atoms with Gasteiger partial charge in [0.2, 0.25) is 0 Å². The number of alkyl halides is 3. The maximum absolute atomic E-state index is 13.1. The van der Waals surface area contributed by atoms with Gasteiger partial charge in [-0.2, -0.15) is 13.2 Å². The smallest absolute Gasteiger partial charge is 0.394 e. The molecule has 9 heteroatoms. The number of rotatable bonds is 1. The van der Waals surface area contributed by atoms with Crippen LogP contribution in [0.3, 0.4) is 0 Å². The summed E-state index contributed by atoms with van der Waals surface area (Å²) < 4.78 is 44.7. The number of amides is 3. The van der Waals surface area contributed by atoms with Crippen molar-refractivity contribution in [3.05, 3.63) is 18.2 Å². The second-order valence-corrected chi connectivity index (χ2v) is 6.67. The average Bonchev–Trinajstić information content (AvgIpc) is 2.82. The van der Waals surface area contributed by atoms with Crippen molar-refractivity contribution in [3.63, 3.8) is 0 Å². The molecule has 1 aromatic carbocycles. The van der Waals surface area contributed by atoms with Crippen molar-refractivity contribution >= 4 is 23.3 Å². The summed E-state index contributed by atoms with van der Waals surface area (Å²) in [4.78, 5) is 24.9. The maximum atomic E-state index is 13.1. The summed E-state index contributed by atoms with van der Waals surface area (Å²) in [7, 11) is 0. The summed E-state index contributed by atoms with van der Waals surface area (Å²) in [6.45, 7) is 2.74. The summed E-state index contributed by atoms with van der Waals surface area (Å²) in [5.41, 5.74) is -0.472. The highest BCUT2D eigenvalue weighted by Gasteiger charge is 2.56. The van der Waals surface area contributed by atoms with E-state index in [0.29, 0.717) is 17.1 Å². The molecule has 6 nitrogen and oxygen atoms in total. The van der Waals surface area contributed by atoms with Gasteiger partial charge in [0.05, 0.1) is 17.1 Å². The lowest BCUT2D eigenvalue weighted by molar-refractivity contribution is -0.189. The third kappa shape index (κ3) is 3.22. The molecule has 0 bridgehead atoms. The molecule has 1 saturated heterocycles. The summed E-state index contributed by atoms with van der Waals surface area (Å²) in [6.07, 6.45) is -4.47. The van der Waals surface area contributed by atoms with E-state index in [9.17, 15) is 22.8 Å². The van der Waals surface area contributed by atoms with E-state index >= 15 is 0 Å². The minimum absolute atomic E-state index is 0.0283. The zero-order valence-corrected chi connectivity index (χ0v) is 13.7. The number of hydrogen-bond donors (Lipinski definition) is 2. The number of halogens is 3. The fourth-order valence-corrected chi connectivity index (χ4v) is 3.36. The van der Waals surface area contributed by atoms with Gasteiger partial charge in [-0.15, -0.1) is 0 Å². The van der Waals surface area contributed by atoms with E-state index in [1.165, 1.54) is 24.8 Å². The van der Waals surface area contributed by atoms with Crippen molar-refractivity contribution in [3.8, 4) is 5.75 Å². The molecule has 136 valence electrons. The van der Waals surface area contributed by atoms with E-state index in [1.807, 2.05) is 0 Å². The number of likely N-dealkylation sites (tertiary alicyclic amines) is 1. The Bertz CT molecular complexity index is 718. The van der Waals surface area contributed by atoms with Crippen molar-refractivity contribution in [2.45, 2.75) is 32.0 Å². The lowest BCUT2D eigenvalue weighted by Gasteiger charge is -2.36. The number of urea groups is 1. The minimum Gasteiger partial charge on any atom is -0.482 e. The van der Waals surface area contributed by atoms with Crippen LogP contribution in [0.2, 0.25) is 0 Å². The Kier molecular flexibility index (Phi) is 4.04. The topological polar surface area (TPSA) is 70.7 Å². The van der Waals surface area contributed by atoms with Crippen LogP contribution in [0, 0.1) is 5.92 Å². The van der Waals surface area contributed by atoms with E-state index < -0.39 is 23.7 Å². The molecule has 0 saturated carbocycles. The predicted molar refractivity (Wildman–Crippen MR) is 84.5 cm³/mol. The average molecular weight is 357 g/mol. The predicted octanol–water partition coefficient (Wildman–Crippen LogP) is 3.21. The van der Waals surface area contributed by atoms with Crippen LogP contribution < -0.4 is 15.4 Å². The van der Waals surface area contributed by atoms with E-state index in [0.717, 1.165) is 0 Å². The second kappa shape index (κ2) is 5.82. The van der Waals surface area contributed by atoms with Gasteiger partial charge >= 0.3 is 12.2 Å². The largest absolute Gasteiger partial charge is 0.482 e. The summed E-state index contributed by atoms with van der Waals surface area (Å²) in [5.74, 6) is -1.44. The first-order chi connectivity index (χ1) is 11.6. The summed E-state index contributed by atoms with van der Waals surface area (Å²) >= 11 is 0. The number of fused-ring (bicyclic) bond motifs is 1. The van der Waals surface area contributed by atoms with Gasteiger partial charge in [0.1, 0.15) is 5.75 Å². The third-order valence-corrected chi connectivity index (χ3v) is 4.70. The molecule has 0 spiro atoms. The highest BCUT2D eigenvalue weighted by molar-refractivity contribution is 5.96. The first kappa shape index (κ1) is 17.4. The Morgan fingerprint density at radius 2 is 2.12 bits per heavy atom. The molecule has 1 fully saturated rings. The number of hydrogen-bond acceptors (Lipinski definition) is 3. The summed E-state index contributed by atoms with van der Waals surface area (Å²) in [5, 5.41) is 5.22. The van der Waals surface area contributed by atoms with E-state index in [1.54, 1.807) is 12.1 Å². The van der Waals surface area contributed by atoms with Crippen LogP contribution in [-0.4, -0.2) is 41.7 Å². The van der Waals surface area contributed by atoms with Gasteiger partial charge in [0, 0.05) is 18.3 Å². The fraction of sp³-hybridized carbons (Fsp3) is 0.500. The molecule has 0 radical (unpaired) electrons. The number of nitrogens with zero attached hydrogens (tertiary/aromatic N) is 1. The number of benzene rings is 1. The van der Waals surface area contributed by atoms with Crippen LogP contribution in [0.4, 0.5) is 29.3 Å². The molecule has 2 N–H and O–H groups in total. The van der Waals surface area contributed by atoms with Gasteiger partial charge in [-0.05, 0) is 32.4 Å².